The Morgan fingerprint density at radius 3 is 2.56 bits per heavy atom. The number of amides is 1. The summed E-state index contributed by atoms with van der Waals surface area (Å²) in [5.41, 5.74) is 4.44. The number of hydrogen-bond acceptors (Lipinski definition) is 5. The lowest BCUT2D eigenvalue weighted by atomic mass is 9.97. The highest BCUT2D eigenvalue weighted by atomic mass is 16.2. The van der Waals surface area contributed by atoms with Crippen molar-refractivity contribution in [1.29, 1.82) is 0 Å². The first-order chi connectivity index (χ1) is 17.6. The maximum absolute atomic E-state index is 13.6. The third-order valence-corrected chi connectivity index (χ3v) is 6.86. The molecule has 1 unspecified atom stereocenters. The molecule has 1 N–H and O–H groups in total. The van der Waals surface area contributed by atoms with Crippen LogP contribution in [0.5, 0.6) is 0 Å². The molecule has 0 radical (unpaired) electrons. The molecule has 5 rings (SSSR count). The van der Waals surface area contributed by atoms with Crippen molar-refractivity contribution in [3.05, 3.63) is 100.0 Å². The SMILES string of the molecule is CCc1ccc(CNC(=O)C2CCCN(c3nc4cccnc4n(Cc4ccccc4)c3=O)C2)cc1. The molecule has 0 bridgehead atoms. The monoisotopic (exact) mass is 481 g/mol. The van der Waals surface area contributed by atoms with Crippen LogP contribution in [0.2, 0.25) is 0 Å². The van der Waals surface area contributed by atoms with E-state index in [1.807, 2.05) is 47.4 Å². The minimum Gasteiger partial charge on any atom is -0.352 e. The second kappa shape index (κ2) is 10.7. The van der Waals surface area contributed by atoms with Gasteiger partial charge in [-0.05, 0) is 48.1 Å². The number of nitrogens with one attached hydrogen (secondary N) is 1. The molecule has 1 fully saturated rings. The second-order valence-corrected chi connectivity index (χ2v) is 9.33. The average molecular weight is 482 g/mol. The number of hydrogen-bond donors (Lipinski definition) is 1. The lowest BCUT2D eigenvalue weighted by Gasteiger charge is -2.32. The molecule has 2 aromatic carbocycles. The predicted octanol–water partition coefficient (Wildman–Crippen LogP) is 3.94. The number of pyridine rings is 1. The summed E-state index contributed by atoms with van der Waals surface area (Å²) in [6.45, 7) is 4.21. The van der Waals surface area contributed by atoms with E-state index in [1.54, 1.807) is 10.8 Å². The van der Waals surface area contributed by atoms with Crippen LogP contribution in [0.3, 0.4) is 0 Å². The summed E-state index contributed by atoms with van der Waals surface area (Å²) in [6.07, 6.45) is 4.30. The van der Waals surface area contributed by atoms with Crippen LogP contribution in [0.1, 0.15) is 36.5 Å². The summed E-state index contributed by atoms with van der Waals surface area (Å²) >= 11 is 0. The van der Waals surface area contributed by atoms with Crippen molar-refractivity contribution in [2.24, 2.45) is 5.92 Å². The van der Waals surface area contributed by atoms with E-state index in [2.05, 4.69) is 41.5 Å². The first-order valence-corrected chi connectivity index (χ1v) is 12.6. The van der Waals surface area contributed by atoms with Crippen molar-refractivity contribution >= 4 is 22.9 Å². The molecule has 4 aromatic rings. The van der Waals surface area contributed by atoms with Gasteiger partial charge in [0.05, 0.1) is 12.5 Å². The van der Waals surface area contributed by atoms with Crippen LogP contribution in [0.25, 0.3) is 11.2 Å². The van der Waals surface area contributed by atoms with Gasteiger partial charge in [-0.15, -0.1) is 0 Å². The van der Waals surface area contributed by atoms with E-state index >= 15 is 0 Å². The van der Waals surface area contributed by atoms with Gasteiger partial charge < -0.3 is 10.2 Å². The topological polar surface area (TPSA) is 80.1 Å². The van der Waals surface area contributed by atoms with Gasteiger partial charge in [-0.25, -0.2) is 9.97 Å². The van der Waals surface area contributed by atoms with Gasteiger partial charge in [0.1, 0.15) is 5.52 Å². The molecule has 1 aliphatic heterocycles. The maximum atomic E-state index is 13.6. The largest absolute Gasteiger partial charge is 0.352 e. The smallest absolute Gasteiger partial charge is 0.295 e. The predicted molar refractivity (Wildman–Crippen MR) is 142 cm³/mol. The number of aryl methyl sites for hydroxylation is 1. The molecule has 1 amide bonds. The number of aromatic nitrogens is 3. The number of carbonyl (C=O) groups excluding carboxylic acids is 1. The highest BCUT2D eigenvalue weighted by molar-refractivity contribution is 5.79. The maximum Gasteiger partial charge on any atom is 0.295 e. The molecule has 0 aliphatic carbocycles. The van der Waals surface area contributed by atoms with Gasteiger partial charge in [0.2, 0.25) is 5.91 Å². The van der Waals surface area contributed by atoms with Crippen LogP contribution >= 0.6 is 0 Å². The van der Waals surface area contributed by atoms with Crippen LogP contribution in [0.15, 0.2) is 77.7 Å². The number of carbonyl (C=O) groups is 1. The normalized spacial score (nSPS) is 15.7. The van der Waals surface area contributed by atoms with Crippen molar-refractivity contribution in [3.8, 4) is 0 Å². The standard InChI is InChI=1S/C29H31N5O2/c1-2-21-12-14-22(15-13-21)18-31-28(35)24-10-7-17-33(20-24)27-29(36)34(19-23-8-4-3-5-9-23)26-25(32-27)11-6-16-30-26/h3-6,8-9,11-16,24H,2,7,10,17-20H2,1H3,(H,31,35). The molecule has 1 atom stereocenters. The Hall–Kier alpha value is -4.00. The molecular weight excluding hydrogens is 450 g/mol. The molecule has 7 heteroatoms. The third kappa shape index (κ3) is 5.15. The summed E-state index contributed by atoms with van der Waals surface area (Å²) in [4.78, 5) is 37.8. The van der Waals surface area contributed by atoms with Crippen molar-refractivity contribution in [1.82, 2.24) is 19.9 Å². The molecule has 1 saturated heterocycles. The Labute approximate surface area is 210 Å². The van der Waals surface area contributed by atoms with E-state index < -0.39 is 0 Å². The number of fused-ring (bicyclic) bond motifs is 1. The average Bonchev–Trinajstić information content (AvgIpc) is 2.94. The first-order valence-electron chi connectivity index (χ1n) is 12.6. The fourth-order valence-corrected chi connectivity index (χ4v) is 4.79. The zero-order chi connectivity index (χ0) is 24.9. The van der Waals surface area contributed by atoms with Gasteiger partial charge >= 0.3 is 0 Å². The number of piperidine rings is 1. The summed E-state index contributed by atoms with van der Waals surface area (Å²) in [5.74, 6) is 0.215. The number of benzene rings is 2. The summed E-state index contributed by atoms with van der Waals surface area (Å²) < 4.78 is 1.69. The van der Waals surface area contributed by atoms with Gasteiger partial charge in [-0.2, -0.15) is 0 Å². The van der Waals surface area contributed by atoms with E-state index in [4.69, 9.17) is 4.98 Å². The van der Waals surface area contributed by atoms with Crippen LogP contribution < -0.4 is 15.8 Å². The summed E-state index contributed by atoms with van der Waals surface area (Å²) in [7, 11) is 0. The van der Waals surface area contributed by atoms with Crippen molar-refractivity contribution < 1.29 is 4.79 Å². The van der Waals surface area contributed by atoms with Crippen LogP contribution in [-0.4, -0.2) is 33.5 Å². The van der Waals surface area contributed by atoms with E-state index in [9.17, 15) is 9.59 Å². The Balaban J connectivity index is 1.36. The van der Waals surface area contributed by atoms with Gasteiger partial charge in [0.15, 0.2) is 11.5 Å². The van der Waals surface area contributed by atoms with Crippen LogP contribution in [0.4, 0.5) is 5.82 Å². The Morgan fingerprint density at radius 2 is 1.78 bits per heavy atom. The molecule has 184 valence electrons. The molecule has 3 heterocycles. The Morgan fingerprint density at radius 1 is 1.00 bits per heavy atom. The molecule has 36 heavy (non-hydrogen) atoms. The highest BCUT2D eigenvalue weighted by Gasteiger charge is 2.28. The molecular formula is C29H31N5O2. The summed E-state index contributed by atoms with van der Waals surface area (Å²) in [6, 6.07) is 21.9. The molecule has 2 aromatic heterocycles. The van der Waals surface area contributed by atoms with Crippen molar-refractivity contribution in [2.75, 3.05) is 18.0 Å². The van der Waals surface area contributed by atoms with E-state index in [0.29, 0.717) is 43.2 Å². The van der Waals surface area contributed by atoms with Crippen LogP contribution in [0, 0.1) is 5.92 Å². The number of anilines is 1. The molecule has 1 aliphatic rings. The molecule has 7 nitrogen and oxygen atoms in total. The van der Waals surface area contributed by atoms with Gasteiger partial charge in [0.25, 0.3) is 5.56 Å². The first kappa shape index (κ1) is 23.7. The zero-order valence-electron chi connectivity index (χ0n) is 20.6. The van der Waals surface area contributed by atoms with Gasteiger partial charge in [-0.1, -0.05) is 61.5 Å². The Bertz CT molecular complexity index is 1400. The Kier molecular flexibility index (Phi) is 7.07. The highest BCUT2D eigenvalue weighted by Crippen LogP contribution is 2.22. The zero-order valence-corrected chi connectivity index (χ0v) is 20.6. The minimum atomic E-state index is -0.193. The number of nitrogens with zero attached hydrogens (tertiary/aromatic N) is 4. The molecule has 0 spiro atoms. The summed E-state index contributed by atoms with van der Waals surface area (Å²) in [5, 5.41) is 3.09. The third-order valence-electron chi connectivity index (χ3n) is 6.86. The van der Waals surface area contributed by atoms with Crippen molar-refractivity contribution in [3.63, 3.8) is 0 Å². The lowest BCUT2D eigenvalue weighted by molar-refractivity contribution is -0.125. The fraction of sp³-hybridized carbons (Fsp3) is 0.310. The van der Waals surface area contributed by atoms with Crippen LogP contribution in [-0.2, 0) is 24.3 Å². The van der Waals surface area contributed by atoms with E-state index in [-0.39, 0.29) is 17.4 Å². The molecule has 0 saturated carbocycles. The lowest BCUT2D eigenvalue weighted by Crippen LogP contribution is -2.45. The van der Waals surface area contributed by atoms with E-state index in [1.165, 1.54) is 5.56 Å². The minimum absolute atomic E-state index is 0.0198. The van der Waals surface area contributed by atoms with Crippen molar-refractivity contribution in [2.45, 2.75) is 39.3 Å². The van der Waals surface area contributed by atoms with E-state index in [0.717, 1.165) is 30.4 Å². The fourth-order valence-electron chi connectivity index (χ4n) is 4.79. The second-order valence-electron chi connectivity index (χ2n) is 9.33. The van der Waals surface area contributed by atoms with Gasteiger partial charge in [-0.3, -0.25) is 14.2 Å². The quantitative estimate of drug-likeness (QED) is 0.433. The number of rotatable bonds is 7. The van der Waals surface area contributed by atoms with Gasteiger partial charge in [0, 0.05) is 25.8 Å².